The van der Waals surface area contributed by atoms with Crippen molar-refractivity contribution in [2.45, 2.75) is 25.3 Å². The minimum atomic E-state index is -0.438. The van der Waals surface area contributed by atoms with E-state index in [-0.39, 0.29) is 29.9 Å². The Morgan fingerprint density at radius 1 is 1.56 bits per heavy atom. The van der Waals surface area contributed by atoms with Gasteiger partial charge in [0.2, 0.25) is 0 Å². The monoisotopic (exact) mass is 272 g/mol. The summed E-state index contributed by atoms with van der Waals surface area (Å²) in [6.45, 7) is 0. The number of hydrogen-bond acceptors (Lipinski definition) is 4. The Kier molecular flexibility index (Phi) is 4.93. The van der Waals surface area contributed by atoms with Crippen LogP contribution in [0.15, 0.2) is 18.2 Å². The molecule has 6 heteroatoms. The molecule has 0 saturated heterocycles. The summed E-state index contributed by atoms with van der Waals surface area (Å²) >= 11 is 0. The summed E-state index contributed by atoms with van der Waals surface area (Å²) in [5.74, 6) is 0.975. The molecule has 1 aromatic carbocycles. The number of nitrogens with zero attached hydrogens (tertiary/aromatic N) is 1. The van der Waals surface area contributed by atoms with Crippen LogP contribution in [0, 0.1) is 16.0 Å². The molecule has 0 spiro atoms. The highest BCUT2D eigenvalue weighted by Crippen LogP contribution is 2.38. The Labute approximate surface area is 112 Å². The number of hydrogen-bond donors (Lipinski definition) is 1. The molecule has 1 fully saturated rings. The van der Waals surface area contributed by atoms with Crippen LogP contribution in [0.4, 0.5) is 5.69 Å². The van der Waals surface area contributed by atoms with Crippen molar-refractivity contribution < 1.29 is 9.66 Å². The van der Waals surface area contributed by atoms with Crippen molar-refractivity contribution in [1.82, 2.24) is 0 Å². The number of nitro benzene ring substituents is 1. The first kappa shape index (κ1) is 14.7. The van der Waals surface area contributed by atoms with Crippen LogP contribution < -0.4 is 10.5 Å². The molecule has 0 unspecified atom stereocenters. The van der Waals surface area contributed by atoms with Gasteiger partial charge in [0.25, 0.3) is 0 Å². The summed E-state index contributed by atoms with van der Waals surface area (Å²) in [6.07, 6.45) is 3.36. The quantitative estimate of drug-likeness (QED) is 0.660. The fraction of sp³-hybridized carbons (Fsp3) is 0.500. The van der Waals surface area contributed by atoms with Crippen LogP contribution >= 0.6 is 12.4 Å². The molecule has 2 N–H and O–H groups in total. The van der Waals surface area contributed by atoms with Crippen molar-refractivity contribution in [2.24, 2.45) is 11.7 Å². The molecular weight excluding hydrogens is 256 g/mol. The molecule has 0 amide bonds. The first-order chi connectivity index (χ1) is 8.11. The van der Waals surface area contributed by atoms with E-state index in [1.165, 1.54) is 26.0 Å². The van der Waals surface area contributed by atoms with Gasteiger partial charge in [-0.15, -0.1) is 12.4 Å². The van der Waals surface area contributed by atoms with E-state index in [0.29, 0.717) is 5.92 Å². The van der Waals surface area contributed by atoms with Gasteiger partial charge in [-0.1, -0.05) is 18.9 Å². The van der Waals surface area contributed by atoms with E-state index in [0.717, 1.165) is 12.0 Å². The molecule has 2 rings (SSSR count). The fourth-order valence-corrected chi connectivity index (χ4v) is 1.93. The second-order valence-electron chi connectivity index (χ2n) is 4.47. The summed E-state index contributed by atoms with van der Waals surface area (Å²) in [5, 5.41) is 10.9. The first-order valence-electron chi connectivity index (χ1n) is 5.69. The fourth-order valence-electron chi connectivity index (χ4n) is 1.93. The number of nitrogens with two attached hydrogens (primary N) is 1. The number of nitro groups is 1. The Hall–Kier alpha value is -1.33. The molecule has 100 valence electrons. The topological polar surface area (TPSA) is 78.4 Å². The first-order valence-corrected chi connectivity index (χ1v) is 5.69. The Balaban J connectivity index is 0.00000162. The van der Waals surface area contributed by atoms with Crippen molar-refractivity contribution in [3.05, 3.63) is 33.9 Å². The second kappa shape index (κ2) is 6.02. The van der Waals surface area contributed by atoms with Gasteiger partial charge in [0.15, 0.2) is 5.75 Å². The average molecular weight is 273 g/mol. The normalized spacial score (nSPS) is 15.7. The zero-order valence-electron chi connectivity index (χ0n) is 10.2. The van der Waals surface area contributed by atoms with Crippen LogP contribution in [-0.2, 0) is 0 Å². The SMILES string of the molecule is COc1ccc([C@H](N)CC2CC2)cc1[N+](=O)[O-].Cl. The molecule has 1 aromatic rings. The number of rotatable bonds is 5. The van der Waals surface area contributed by atoms with Crippen molar-refractivity contribution in [3.8, 4) is 5.75 Å². The maximum Gasteiger partial charge on any atom is 0.311 e. The molecule has 0 aliphatic heterocycles. The summed E-state index contributed by atoms with van der Waals surface area (Å²) in [6, 6.07) is 4.82. The molecule has 18 heavy (non-hydrogen) atoms. The van der Waals surface area contributed by atoms with Gasteiger partial charge in [0.05, 0.1) is 12.0 Å². The van der Waals surface area contributed by atoms with E-state index in [1.54, 1.807) is 12.1 Å². The number of ether oxygens (including phenoxy) is 1. The van der Waals surface area contributed by atoms with Crippen molar-refractivity contribution in [3.63, 3.8) is 0 Å². The van der Waals surface area contributed by atoms with Gasteiger partial charge in [-0.05, 0) is 24.0 Å². The zero-order chi connectivity index (χ0) is 12.4. The molecule has 0 radical (unpaired) electrons. The summed E-state index contributed by atoms with van der Waals surface area (Å²) in [5.41, 5.74) is 6.83. The predicted octanol–water partition coefficient (Wildman–Crippen LogP) is 2.83. The van der Waals surface area contributed by atoms with Gasteiger partial charge >= 0.3 is 5.69 Å². The van der Waals surface area contributed by atoms with Crippen molar-refractivity contribution >= 4 is 18.1 Å². The number of halogens is 1. The van der Waals surface area contributed by atoms with Gasteiger partial charge in [0, 0.05) is 12.1 Å². The molecule has 0 aromatic heterocycles. The third-order valence-electron chi connectivity index (χ3n) is 3.11. The second-order valence-corrected chi connectivity index (χ2v) is 4.47. The molecule has 1 aliphatic carbocycles. The molecule has 1 atom stereocenters. The van der Waals surface area contributed by atoms with Crippen LogP contribution in [0.3, 0.4) is 0 Å². The molecule has 0 heterocycles. The Morgan fingerprint density at radius 3 is 2.72 bits per heavy atom. The van der Waals surface area contributed by atoms with E-state index < -0.39 is 4.92 Å². The lowest BCUT2D eigenvalue weighted by atomic mass is 10.0. The van der Waals surface area contributed by atoms with Gasteiger partial charge in [0.1, 0.15) is 0 Å². The lowest BCUT2D eigenvalue weighted by Crippen LogP contribution is -2.11. The molecule has 1 saturated carbocycles. The van der Waals surface area contributed by atoms with Crippen LogP contribution in [0.5, 0.6) is 5.75 Å². The van der Waals surface area contributed by atoms with Crippen LogP contribution in [0.2, 0.25) is 0 Å². The number of methoxy groups -OCH3 is 1. The Bertz CT molecular complexity index is 435. The lowest BCUT2D eigenvalue weighted by molar-refractivity contribution is -0.385. The largest absolute Gasteiger partial charge is 0.490 e. The van der Waals surface area contributed by atoms with E-state index in [4.69, 9.17) is 10.5 Å². The van der Waals surface area contributed by atoms with Gasteiger partial charge in [-0.25, -0.2) is 0 Å². The minimum Gasteiger partial charge on any atom is -0.490 e. The highest BCUT2D eigenvalue weighted by Gasteiger charge is 2.25. The maximum absolute atomic E-state index is 10.9. The van der Waals surface area contributed by atoms with Crippen LogP contribution in [0.1, 0.15) is 30.9 Å². The third kappa shape index (κ3) is 3.34. The van der Waals surface area contributed by atoms with Crippen LogP contribution in [-0.4, -0.2) is 12.0 Å². The molecule has 0 bridgehead atoms. The van der Waals surface area contributed by atoms with E-state index in [1.807, 2.05) is 0 Å². The Morgan fingerprint density at radius 2 is 2.22 bits per heavy atom. The van der Waals surface area contributed by atoms with Gasteiger partial charge < -0.3 is 10.5 Å². The molecule has 1 aliphatic rings. The molecule has 5 nitrogen and oxygen atoms in total. The smallest absolute Gasteiger partial charge is 0.311 e. The van der Waals surface area contributed by atoms with Crippen molar-refractivity contribution in [2.75, 3.05) is 7.11 Å². The highest BCUT2D eigenvalue weighted by molar-refractivity contribution is 5.85. The lowest BCUT2D eigenvalue weighted by Gasteiger charge is -2.12. The van der Waals surface area contributed by atoms with Gasteiger partial charge in [-0.3, -0.25) is 10.1 Å². The maximum atomic E-state index is 10.9. The van der Waals surface area contributed by atoms with E-state index >= 15 is 0 Å². The van der Waals surface area contributed by atoms with Gasteiger partial charge in [-0.2, -0.15) is 0 Å². The standard InChI is InChI=1S/C12H16N2O3.ClH/c1-17-12-5-4-9(7-11(12)14(15)16)10(13)6-8-2-3-8;/h4-5,7-8,10H,2-3,6,13H2,1H3;1H/t10-;/m1./s1. The highest BCUT2D eigenvalue weighted by atomic mass is 35.5. The summed E-state index contributed by atoms with van der Waals surface area (Å²) in [4.78, 5) is 10.4. The van der Waals surface area contributed by atoms with Crippen molar-refractivity contribution in [1.29, 1.82) is 0 Å². The average Bonchev–Trinajstić information content (AvgIpc) is 3.11. The van der Waals surface area contributed by atoms with Crippen LogP contribution in [0.25, 0.3) is 0 Å². The zero-order valence-corrected chi connectivity index (χ0v) is 11.0. The summed E-state index contributed by atoms with van der Waals surface area (Å²) in [7, 11) is 1.42. The third-order valence-corrected chi connectivity index (χ3v) is 3.11. The van der Waals surface area contributed by atoms with E-state index in [9.17, 15) is 10.1 Å². The summed E-state index contributed by atoms with van der Waals surface area (Å²) < 4.78 is 4.95. The predicted molar refractivity (Wildman–Crippen MR) is 71.2 cm³/mol. The molecular formula is C12H17ClN2O3. The van der Waals surface area contributed by atoms with E-state index in [2.05, 4.69) is 0 Å². The number of benzene rings is 1. The minimum absolute atomic E-state index is 0.